The minimum Gasteiger partial charge on any atom is -0.488 e. The van der Waals surface area contributed by atoms with Gasteiger partial charge in [0.05, 0.1) is 12.5 Å². The fraction of sp³-hybridized carbons (Fsp3) is 0.125. The number of rotatable bonds is 11. The van der Waals surface area contributed by atoms with Crippen molar-refractivity contribution < 1.29 is 19.1 Å². The molecule has 10 heteroatoms. The Kier molecular flexibility index (Phi) is 9.43. The second-order valence-electron chi connectivity index (χ2n) is 9.39. The van der Waals surface area contributed by atoms with Crippen molar-refractivity contribution in [3.05, 3.63) is 131 Å². The van der Waals surface area contributed by atoms with Crippen molar-refractivity contribution in [1.29, 1.82) is 0 Å². The van der Waals surface area contributed by atoms with Gasteiger partial charge in [-0.05, 0) is 40.1 Å². The summed E-state index contributed by atoms with van der Waals surface area (Å²) in [4.78, 5) is 32.7. The van der Waals surface area contributed by atoms with E-state index < -0.39 is 18.0 Å². The highest BCUT2D eigenvalue weighted by Crippen LogP contribution is 2.27. The van der Waals surface area contributed by atoms with Crippen molar-refractivity contribution in [2.45, 2.75) is 25.7 Å². The lowest BCUT2D eigenvalue weighted by Gasteiger charge is -2.16. The first-order chi connectivity index (χ1) is 20.5. The van der Waals surface area contributed by atoms with E-state index in [0.29, 0.717) is 28.6 Å². The minimum atomic E-state index is -0.973. The maximum absolute atomic E-state index is 13.2. The van der Waals surface area contributed by atoms with Crippen LogP contribution in [-0.2, 0) is 29.2 Å². The summed E-state index contributed by atoms with van der Waals surface area (Å²) in [6, 6.07) is 27.4. The molecule has 0 saturated carbocycles. The van der Waals surface area contributed by atoms with Crippen molar-refractivity contribution in [3.63, 3.8) is 0 Å². The fourth-order valence-corrected chi connectivity index (χ4v) is 4.37. The monoisotopic (exact) mass is 581 g/mol. The number of ether oxygens (including phenoxy) is 2. The van der Waals surface area contributed by atoms with Crippen LogP contribution in [0.3, 0.4) is 0 Å². The van der Waals surface area contributed by atoms with Crippen molar-refractivity contribution in [3.8, 4) is 5.75 Å². The molecule has 5 aromatic rings. The van der Waals surface area contributed by atoms with E-state index in [-0.39, 0.29) is 13.0 Å². The topological polar surface area (TPSA) is 118 Å². The molecule has 9 nitrogen and oxygen atoms in total. The molecular formula is C32H28ClN5O4. The molecule has 5 rings (SSSR count). The van der Waals surface area contributed by atoms with E-state index in [1.54, 1.807) is 12.4 Å². The number of hydrogen-bond acceptors (Lipinski definition) is 6. The molecule has 0 radical (unpaired) electrons. The number of halogens is 1. The van der Waals surface area contributed by atoms with E-state index in [2.05, 4.69) is 25.8 Å². The summed E-state index contributed by atoms with van der Waals surface area (Å²) in [5, 5.41) is 9.40. The van der Waals surface area contributed by atoms with Crippen molar-refractivity contribution in [2.75, 3.05) is 0 Å². The Bertz CT molecular complexity index is 1660. The number of hydrogen-bond donors (Lipinski definition) is 3. The molecule has 0 spiro atoms. The van der Waals surface area contributed by atoms with Crippen LogP contribution in [0.25, 0.3) is 10.8 Å². The third-order valence-corrected chi connectivity index (χ3v) is 6.66. The summed E-state index contributed by atoms with van der Waals surface area (Å²) >= 11 is 6.00. The molecule has 1 atom stereocenters. The average molecular weight is 582 g/mol. The predicted molar refractivity (Wildman–Crippen MR) is 161 cm³/mol. The van der Waals surface area contributed by atoms with Gasteiger partial charge in [-0.2, -0.15) is 5.10 Å². The van der Waals surface area contributed by atoms with Gasteiger partial charge in [0.2, 0.25) is 0 Å². The molecule has 1 heterocycles. The Hall–Kier alpha value is -5.15. The molecule has 1 aromatic heterocycles. The first-order valence-electron chi connectivity index (χ1n) is 13.2. The highest BCUT2D eigenvalue weighted by atomic mass is 35.5. The number of benzene rings is 4. The van der Waals surface area contributed by atoms with Crippen LogP contribution in [-0.4, -0.2) is 34.2 Å². The molecule has 4 aromatic carbocycles. The van der Waals surface area contributed by atoms with E-state index in [4.69, 9.17) is 21.1 Å². The zero-order valence-electron chi connectivity index (χ0n) is 22.5. The number of hydrazone groups is 1. The lowest BCUT2D eigenvalue weighted by Crippen LogP contribution is -2.47. The van der Waals surface area contributed by atoms with Gasteiger partial charge in [0.1, 0.15) is 25.0 Å². The Morgan fingerprint density at radius 1 is 0.929 bits per heavy atom. The standard InChI is InChI=1S/C32H28ClN5O4/c33-25-13-10-23(11-14-25)19-41-30-15-12-24-8-4-5-9-27(24)28(30)18-36-38-31(39)29(16-26-17-34-21-35-26)37-32(40)42-20-22-6-2-1-3-7-22/h1-15,17-18,21,29H,16,19-20H2,(H,34,35)(H,37,40)(H,38,39)/b36-18-/t29-/m0/s1. The Balaban J connectivity index is 1.29. The number of alkyl carbamates (subject to hydrolysis) is 1. The van der Waals surface area contributed by atoms with Crippen molar-refractivity contribution in [1.82, 2.24) is 20.7 Å². The van der Waals surface area contributed by atoms with Gasteiger partial charge in [-0.25, -0.2) is 15.2 Å². The number of aromatic nitrogens is 2. The normalized spacial score (nSPS) is 11.7. The van der Waals surface area contributed by atoms with Gasteiger partial charge in [-0.15, -0.1) is 0 Å². The molecule has 0 unspecified atom stereocenters. The third kappa shape index (κ3) is 7.74. The molecule has 0 bridgehead atoms. The number of aromatic amines is 1. The highest BCUT2D eigenvalue weighted by molar-refractivity contribution is 6.30. The van der Waals surface area contributed by atoms with Crippen LogP contribution in [0.15, 0.2) is 109 Å². The first kappa shape index (κ1) is 28.4. The van der Waals surface area contributed by atoms with Crippen LogP contribution in [0.4, 0.5) is 4.79 Å². The van der Waals surface area contributed by atoms with Crippen LogP contribution in [0, 0.1) is 0 Å². The van der Waals surface area contributed by atoms with Gasteiger partial charge in [0.25, 0.3) is 5.91 Å². The van der Waals surface area contributed by atoms with Crippen LogP contribution in [0.1, 0.15) is 22.4 Å². The van der Waals surface area contributed by atoms with Crippen LogP contribution >= 0.6 is 11.6 Å². The summed E-state index contributed by atoms with van der Waals surface area (Å²) in [7, 11) is 0. The van der Waals surface area contributed by atoms with E-state index in [1.807, 2.05) is 91.0 Å². The highest BCUT2D eigenvalue weighted by Gasteiger charge is 2.22. The number of nitrogens with zero attached hydrogens (tertiary/aromatic N) is 2. The molecule has 0 aliphatic rings. The maximum Gasteiger partial charge on any atom is 0.408 e. The van der Waals surface area contributed by atoms with Gasteiger partial charge in [0.15, 0.2) is 0 Å². The van der Waals surface area contributed by atoms with Gasteiger partial charge in [-0.1, -0.05) is 84.4 Å². The lowest BCUT2D eigenvalue weighted by atomic mass is 10.0. The summed E-state index contributed by atoms with van der Waals surface area (Å²) in [6.07, 6.45) is 4.06. The van der Waals surface area contributed by atoms with Crippen LogP contribution in [0.5, 0.6) is 5.75 Å². The molecule has 212 valence electrons. The SMILES string of the molecule is O=C(N[C@@H](Cc1cnc[nH]1)C(=O)N/N=C\c1c(OCc2ccc(Cl)cc2)ccc2ccccc12)OCc1ccccc1. The summed E-state index contributed by atoms with van der Waals surface area (Å²) < 4.78 is 11.4. The second kappa shape index (κ2) is 14.0. The number of nitrogens with one attached hydrogen (secondary N) is 3. The van der Waals surface area contributed by atoms with E-state index in [1.165, 1.54) is 6.33 Å². The Morgan fingerprint density at radius 3 is 2.48 bits per heavy atom. The van der Waals surface area contributed by atoms with E-state index >= 15 is 0 Å². The summed E-state index contributed by atoms with van der Waals surface area (Å²) in [5.74, 6) is 0.0691. The maximum atomic E-state index is 13.2. The smallest absolute Gasteiger partial charge is 0.408 e. The number of amides is 2. The summed E-state index contributed by atoms with van der Waals surface area (Å²) in [6.45, 7) is 0.396. The van der Waals surface area contributed by atoms with E-state index in [0.717, 1.165) is 21.9 Å². The van der Waals surface area contributed by atoms with Gasteiger partial charge >= 0.3 is 6.09 Å². The van der Waals surface area contributed by atoms with Crippen LogP contribution in [0.2, 0.25) is 5.02 Å². The molecule has 42 heavy (non-hydrogen) atoms. The van der Waals surface area contributed by atoms with Gasteiger partial charge in [0, 0.05) is 28.9 Å². The number of imidazole rings is 1. The Morgan fingerprint density at radius 2 is 1.69 bits per heavy atom. The largest absolute Gasteiger partial charge is 0.488 e. The molecule has 0 fully saturated rings. The van der Waals surface area contributed by atoms with Gasteiger partial charge < -0.3 is 19.8 Å². The number of carbonyl (C=O) groups is 2. The average Bonchev–Trinajstić information content (AvgIpc) is 3.53. The molecule has 3 N–H and O–H groups in total. The van der Waals surface area contributed by atoms with Gasteiger partial charge in [-0.3, -0.25) is 4.79 Å². The molecule has 0 aliphatic carbocycles. The van der Waals surface area contributed by atoms with Crippen molar-refractivity contribution in [2.24, 2.45) is 5.10 Å². The number of carbonyl (C=O) groups excluding carboxylic acids is 2. The molecule has 0 aliphatic heterocycles. The molecule has 0 saturated heterocycles. The number of H-pyrrole nitrogens is 1. The first-order valence-corrected chi connectivity index (χ1v) is 13.6. The quantitative estimate of drug-likeness (QED) is 0.135. The summed E-state index contributed by atoms with van der Waals surface area (Å²) in [5.41, 5.74) is 5.69. The third-order valence-electron chi connectivity index (χ3n) is 6.41. The van der Waals surface area contributed by atoms with Crippen LogP contribution < -0.4 is 15.5 Å². The Labute approximate surface area is 247 Å². The second-order valence-corrected chi connectivity index (χ2v) is 9.82. The minimum absolute atomic E-state index is 0.0725. The lowest BCUT2D eigenvalue weighted by molar-refractivity contribution is -0.123. The molecule has 2 amide bonds. The zero-order chi connectivity index (χ0) is 29.1. The van der Waals surface area contributed by atoms with E-state index in [9.17, 15) is 9.59 Å². The fourth-order valence-electron chi connectivity index (χ4n) is 4.25. The number of fused-ring (bicyclic) bond motifs is 1. The molecular weight excluding hydrogens is 554 g/mol. The zero-order valence-corrected chi connectivity index (χ0v) is 23.3. The predicted octanol–water partition coefficient (Wildman–Crippen LogP) is 5.78. The van der Waals surface area contributed by atoms with Crippen molar-refractivity contribution >= 4 is 40.6 Å².